The average molecular weight is 537 g/mol. The van der Waals surface area contributed by atoms with Gasteiger partial charge in [-0.25, -0.2) is 4.98 Å². The number of halogens is 3. The number of aryl methyl sites for hydroxylation is 3. The van der Waals surface area contributed by atoms with E-state index >= 15 is 0 Å². The molecule has 2 aromatic heterocycles. The molecule has 0 saturated carbocycles. The monoisotopic (exact) mass is 536 g/mol. The Balaban J connectivity index is 1.30. The Kier molecular flexibility index (Phi) is 7.67. The van der Waals surface area contributed by atoms with Crippen LogP contribution >= 0.6 is 0 Å². The van der Waals surface area contributed by atoms with Crippen molar-refractivity contribution >= 4 is 22.6 Å². The molecular formula is C29H31F3N6O. The molecule has 0 unspecified atom stereocenters. The Morgan fingerprint density at radius 1 is 1.00 bits per heavy atom. The molecule has 0 aliphatic carbocycles. The van der Waals surface area contributed by atoms with Gasteiger partial charge in [-0.3, -0.25) is 14.7 Å². The number of H-pyrrole nitrogens is 1. The number of benzene rings is 2. The summed E-state index contributed by atoms with van der Waals surface area (Å²) in [5, 5.41) is 2.67. The molecule has 1 aliphatic heterocycles. The number of carbonyl (C=O) groups excluding carboxylic acids is 1. The third kappa shape index (κ3) is 6.29. The van der Waals surface area contributed by atoms with E-state index in [1.54, 1.807) is 36.9 Å². The van der Waals surface area contributed by atoms with Crippen LogP contribution in [0.25, 0.3) is 11.0 Å². The Hall–Kier alpha value is -3.76. The maximum atomic E-state index is 14.0. The van der Waals surface area contributed by atoms with Gasteiger partial charge in [-0.05, 0) is 73.3 Å². The van der Waals surface area contributed by atoms with Gasteiger partial charge in [0.25, 0.3) is 5.91 Å². The first-order valence-electron chi connectivity index (χ1n) is 13.0. The van der Waals surface area contributed by atoms with Gasteiger partial charge in [0.05, 0.1) is 23.6 Å². The summed E-state index contributed by atoms with van der Waals surface area (Å²) < 4.78 is 41.9. The molecule has 204 valence electrons. The van der Waals surface area contributed by atoms with E-state index in [9.17, 15) is 18.0 Å². The number of pyridine rings is 1. The van der Waals surface area contributed by atoms with Gasteiger partial charge in [-0.2, -0.15) is 13.2 Å². The molecule has 39 heavy (non-hydrogen) atoms. The highest BCUT2D eigenvalue weighted by molar-refractivity contribution is 6.04. The molecule has 1 aliphatic rings. The highest BCUT2D eigenvalue weighted by atomic mass is 19.4. The molecule has 3 heterocycles. The molecule has 0 bridgehead atoms. The number of aromatic nitrogens is 3. The molecule has 4 aromatic rings. The van der Waals surface area contributed by atoms with Crippen LogP contribution in [0.1, 0.15) is 38.2 Å². The van der Waals surface area contributed by atoms with Crippen molar-refractivity contribution in [3.8, 4) is 0 Å². The fraction of sp³-hybridized carbons (Fsp3) is 0.345. The first kappa shape index (κ1) is 26.8. The van der Waals surface area contributed by atoms with E-state index < -0.39 is 17.6 Å². The van der Waals surface area contributed by atoms with Crippen LogP contribution in [-0.4, -0.2) is 63.9 Å². The Labute approximate surface area is 225 Å². The number of nitrogens with one attached hydrogen (secondary N) is 2. The molecule has 7 nitrogen and oxygen atoms in total. The number of nitrogens with zero attached hydrogens (tertiary/aromatic N) is 4. The Morgan fingerprint density at radius 2 is 1.77 bits per heavy atom. The molecule has 1 fully saturated rings. The van der Waals surface area contributed by atoms with Crippen LogP contribution in [0, 0.1) is 6.92 Å². The first-order chi connectivity index (χ1) is 18.7. The number of anilines is 1. The Bertz CT molecular complexity index is 1470. The van der Waals surface area contributed by atoms with Gasteiger partial charge in [-0.1, -0.05) is 12.1 Å². The second kappa shape index (κ2) is 11.2. The standard InChI is InChI=1S/C29H31F3N6O/c1-19-3-4-21(13-20(19)5-6-22-15-33-16-26-27(22)35-18-34-26)28(39)36-24-8-7-23(25(14-24)29(30,31)32)17-38-11-9-37(2)10-12-38/h3-4,7-8,13-16,18H,5-6,9-12,17H2,1-2H3,(H,34,35)(H,36,39). The van der Waals surface area contributed by atoms with Crippen molar-refractivity contribution in [3.63, 3.8) is 0 Å². The lowest BCUT2D eigenvalue weighted by Gasteiger charge is -2.33. The van der Waals surface area contributed by atoms with E-state index in [-0.39, 0.29) is 17.8 Å². The summed E-state index contributed by atoms with van der Waals surface area (Å²) in [4.78, 5) is 28.9. The highest BCUT2D eigenvalue weighted by Crippen LogP contribution is 2.35. The number of carbonyl (C=O) groups is 1. The lowest BCUT2D eigenvalue weighted by Crippen LogP contribution is -2.44. The zero-order chi connectivity index (χ0) is 27.6. The van der Waals surface area contributed by atoms with Crippen LogP contribution in [0.15, 0.2) is 55.1 Å². The van der Waals surface area contributed by atoms with Gasteiger partial charge in [0.15, 0.2) is 0 Å². The predicted octanol–water partition coefficient (Wildman–Crippen LogP) is 5.07. The minimum absolute atomic E-state index is 0.119. The van der Waals surface area contributed by atoms with Crippen LogP contribution in [0.5, 0.6) is 0 Å². The van der Waals surface area contributed by atoms with Crippen LogP contribution in [0.2, 0.25) is 0 Å². The van der Waals surface area contributed by atoms with Crippen LogP contribution < -0.4 is 5.32 Å². The highest BCUT2D eigenvalue weighted by Gasteiger charge is 2.34. The predicted molar refractivity (Wildman–Crippen MR) is 145 cm³/mol. The fourth-order valence-corrected chi connectivity index (χ4v) is 4.97. The van der Waals surface area contributed by atoms with Crippen molar-refractivity contribution in [3.05, 3.63) is 88.5 Å². The van der Waals surface area contributed by atoms with Crippen LogP contribution in [0.3, 0.4) is 0 Å². The largest absolute Gasteiger partial charge is 0.416 e. The molecule has 0 spiro atoms. The fourth-order valence-electron chi connectivity index (χ4n) is 4.97. The second-order valence-electron chi connectivity index (χ2n) is 10.1. The minimum Gasteiger partial charge on any atom is -0.344 e. The van der Waals surface area contributed by atoms with Crippen LogP contribution in [-0.2, 0) is 25.6 Å². The summed E-state index contributed by atoms with van der Waals surface area (Å²) >= 11 is 0. The summed E-state index contributed by atoms with van der Waals surface area (Å²) in [7, 11) is 2.01. The smallest absolute Gasteiger partial charge is 0.344 e. The third-order valence-electron chi connectivity index (χ3n) is 7.35. The zero-order valence-electron chi connectivity index (χ0n) is 22.0. The summed E-state index contributed by atoms with van der Waals surface area (Å²) in [5.74, 6) is -0.450. The normalized spacial score (nSPS) is 15.1. The molecule has 1 amide bonds. The summed E-state index contributed by atoms with van der Waals surface area (Å²) in [5.41, 5.74) is 4.78. The number of rotatable bonds is 7. The number of likely N-dealkylation sites (N-methyl/N-ethyl adjacent to an activating group) is 1. The van der Waals surface area contributed by atoms with E-state index in [0.29, 0.717) is 18.4 Å². The number of alkyl halides is 3. The van der Waals surface area contributed by atoms with Crippen molar-refractivity contribution in [1.82, 2.24) is 24.8 Å². The molecule has 2 aromatic carbocycles. The number of fused-ring (bicyclic) bond motifs is 1. The van der Waals surface area contributed by atoms with Gasteiger partial charge < -0.3 is 15.2 Å². The van der Waals surface area contributed by atoms with E-state index in [0.717, 1.165) is 60.0 Å². The number of imidazole rings is 1. The van der Waals surface area contributed by atoms with Crippen molar-refractivity contribution in [2.24, 2.45) is 0 Å². The van der Waals surface area contributed by atoms with Crippen LogP contribution in [0.4, 0.5) is 18.9 Å². The lowest BCUT2D eigenvalue weighted by molar-refractivity contribution is -0.138. The topological polar surface area (TPSA) is 77.2 Å². The van der Waals surface area contributed by atoms with Gasteiger partial charge in [0.1, 0.15) is 5.52 Å². The van der Waals surface area contributed by atoms with E-state index in [2.05, 4.69) is 25.2 Å². The molecule has 0 atom stereocenters. The van der Waals surface area contributed by atoms with Crippen molar-refractivity contribution in [1.29, 1.82) is 0 Å². The quantitative estimate of drug-likeness (QED) is 0.345. The minimum atomic E-state index is -4.52. The molecule has 5 rings (SSSR count). The SMILES string of the molecule is Cc1ccc(C(=O)Nc2ccc(CN3CCN(C)CC3)c(C(F)(F)F)c2)cc1CCc1cncc2nc[nH]c12. The number of amides is 1. The average Bonchev–Trinajstić information content (AvgIpc) is 3.39. The Morgan fingerprint density at radius 3 is 2.54 bits per heavy atom. The molecular weight excluding hydrogens is 505 g/mol. The summed E-state index contributed by atoms with van der Waals surface area (Å²) in [6.07, 6.45) is 1.99. The van der Waals surface area contributed by atoms with E-state index in [1.807, 2.05) is 24.9 Å². The second-order valence-corrected chi connectivity index (χ2v) is 10.1. The zero-order valence-corrected chi connectivity index (χ0v) is 22.0. The maximum Gasteiger partial charge on any atom is 0.416 e. The van der Waals surface area contributed by atoms with Gasteiger partial charge >= 0.3 is 6.18 Å². The summed E-state index contributed by atoms with van der Waals surface area (Å²) in [6.45, 7) is 5.28. The first-order valence-corrected chi connectivity index (χ1v) is 13.0. The van der Waals surface area contributed by atoms with Gasteiger partial charge in [-0.15, -0.1) is 0 Å². The number of piperazine rings is 1. The van der Waals surface area contributed by atoms with Crippen molar-refractivity contribution < 1.29 is 18.0 Å². The molecule has 10 heteroatoms. The molecule has 1 saturated heterocycles. The third-order valence-corrected chi connectivity index (χ3v) is 7.35. The molecule has 2 N–H and O–H groups in total. The number of hydrogen-bond donors (Lipinski definition) is 2. The number of hydrogen-bond acceptors (Lipinski definition) is 5. The lowest BCUT2D eigenvalue weighted by atomic mass is 9.98. The van der Waals surface area contributed by atoms with Gasteiger partial charge in [0.2, 0.25) is 0 Å². The number of aromatic amines is 1. The molecule has 0 radical (unpaired) electrons. The summed E-state index contributed by atoms with van der Waals surface area (Å²) in [6, 6.07) is 9.42. The maximum absolute atomic E-state index is 14.0. The van der Waals surface area contributed by atoms with E-state index in [1.165, 1.54) is 6.07 Å². The van der Waals surface area contributed by atoms with Crippen molar-refractivity contribution in [2.75, 3.05) is 38.5 Å². The van der Waals surface area contributed by atoms with Gasteiger partial charge in [0, 0.05) is 50.2 Å². The van der Waals surface area contributed by atoms with E-state index in [4.69, 9.17) is 0 Å². The van der Waals surface area contributed by atoms with Crippen molar-refractivity contribution in [2.45, 2.75) is 32.5 Å².